The van der Waals surface area contributed by atoms with Crippen LogP contribution < -0.4 is 0 Å². The topological polar surface area (TPSA) is 12.4 Å². The standard InChI is InChI=1S/C56H51N/c1-5-43-16-12-13-22-53(43)54-23-15-14-21-52(54)41(4)36-42-34-39(2)35-51(37-42)47-32-28-45(29-33-47)44-26-30-46(31-27-44)50-25-24-40(3)56(49-19-10-7-11-20-49)57-55(38-50)48-17-8-6-9-18-48/h6-23,26-35,37-38,41H,5,24-25,36H2,1-4H3/b50-38+,56-40+,57-55-. The molecule has 1 heteroatoms. The van der Waals surface area contributed by atoms with Crippen molar-refractivity contribution >= 4 is 17.0 Å². The fourth-order valence-electron chi connectivity index (χ4n) is 8.42. The van der Waals surface area contributed by atoms with Crippen LogP contribution in [0.25, 0.3) is 44.7 Å². The van der Waals surface area contributed by atoms with Crippen LogP contribution in [0.1, 0.15) is 78.5 Å². The minimum Gasteiger partial charge on any atom is -0.248 e. The van der Waals surface area contributed by atoms with Crippen LogP contribution in [-0.4, -0.2) is 5.71 Å². The molecule has 7 aromatic rings. The van der Waals surface area contributed by atoms with Crippen LogP contribution in [0.4, 0.5) is 0 Å². The van der Waals surface area contributed by atoms with Crippen molar-refractivity contribution in [1.82, 2.24) is 0 Å². The predicted molar refractivity (Wildman–Crippen MR) is 245 cm³/mol. The van der Waals surface area contributed by atoms with Crippen molar-refractivity contribution in [3.63, 3.8) is 0 Å². The minimum atomic E-state index is 0.383. The molecule has 0 fully saturated rings. The number of nitrogens with zero attached hydrogens (tertiary/aromatic N) is 1. The van der Waals surface area contributed by atoms with Gasteiger partial charge in [-0.25, -0.2) is 4.99 Å². The van der Waals surface area contributed by atoms with Crippen molar-refractivity contribution < 1.29 is 0 Å². The second-order valence-electron chi connectivity index (χ2n) is 15.6. The molecule has 1 unspecified atom stereocenters. The van der Waals surface area contributed by atoms with Gasteiger partial charge < -0.3 is 0 Å². The lowest BCUT2D eigenvalue weighted by Crippen LogP contribution is -2.04. The maximum Gasteiger partial charge on any atom is 0.0712 e. The second-order valence-corrected chi connectivity index (χ2v) is 15.6. The van der Waals surface area contributed by atoms with E-state index < -0.39 is 0 Å². The maximum atomic E-state index is 5.31. The number of hydrogen-bond acceptors (Lipinski definition) is 1. The molecule has 0 saturated heterocycles. The van der Waals surface area contributed by atoms with E-state index in [2.05, 4.69) is 210 Å². The van der Waals surface area contributed by atoms with Gasteiger partial charge in [0.15, 0.2) is 0 Å². The molecule has 0 bridgehead atoms. The monoisotopic (exact) mass is 737 g/mol. The molecule has 1 atom stereocenters. The molecule has 1 aliphatic heterocycles. The number of allylic oxidation sites excluding steroid dienone is 3. The van der Waals surface area contributed by atoms with E-state index in [-0.39, 0.29) is 0 Å². The van der Waals surface area contributed by atoms with Crippen LogP contribution >= 0.6 is 0 Å². The van der Waals surface area contributed by atoms with E-state index in [0.717, 1.165) is 42.7 Å². The molecule has 280 valence electrons. The fraction of sp³-hybridized carbons (Fsp3) is 0.161. The summed E-state index contributed by atoms with van der Waals surface area (Å²) in [6.07, 6.45) is 6.24. The van der Waals surface area contributed by atoms with Crippen LogP contribution in [0.2, 0.25) is 0 Å². The Bertz CT molecular complexity index is 2570. The smallest absolute Gasteiger partial charge is 0.0712 e. The number of hydrogen-bond donors (Lipinski definition) is 0. The van der Waals surface area contributed by atoms with Crippen molar-refractivity contribution in [2.24, 2.45) is 4.99 Å². The second kappa shape index (κ2) is 17.2. The summed E-state index contributed by atoms with van der Waals surface area (Å²) in [5.74, 6) is 0.383. The van der Waals surface area contributed by atoms with Gasteiger partial charge in [-0.2, -0.15) is 0 Å². The first-order chi connectivity index (χ1) is 27.9. The number of rotatable bonds is 10. The highest BCUT2D eigenvalue weighted by Gasteiger charge is 2.17. The van der Waals surface area contributed by atoms with E-state index >= 15 is 0 Å². The summed E-state index contributed by atoms with van der Waals surface area (Å²) in [6, 6.07) is 64.3. The Labute approximate surface area is 339 Å². The molecule has 0 aromatic heterocycles. The Kier molecular flexibility index (Phi) is 11.4. The van der Waals surface area contributed by atoms with Crippen molar-refractivity contribution in [2.45, 2.75) is 59.3 Å². The first kappa shape index (κ1) is 37.6. The third kappa shape index (κ3) is 8.59. The van der Waals surface area contributed by atoms with Gasteiger partial charge in [-0.05, 0) is 118 Å². The molecule has 0 aliphatic carbocycles. The van der Waals surface area contributed by atoms with Crippen LogP contribution in [0.3, 0.4) is 0 Å². The third-order valence-corrected chi connectivity index (χ3v) is 11.5. The van der Waals surface area contributed by atoms with Crippen LogP contribution in [-0.2, 0) is 12.8 Å². The summed E-state index contributed by atoms with van der Waals surface area (Å²) < 4.78 is 0. The summed E-state index contributed by atoms with van der Waals surface area (Å²) in [5, 5.41) is 0. The molecular weight excluding hydrogens is 687 g/mol. The minimum absolute atomic E-state index is 0.383. The largest absolute Gasteiger partial charge is 0.248 e. The lowest BCUT2D eigenvalue weighted by molar-refractivity contribution is 0.760. The average molecular weight is 738 g/mol. The van der Waals surface area contributed by atoms with Gasteiger partial charge >= 0.3 is 0 Å². The van der Waals surface area contributed by atoms with Gasteiger partial charge in [-0.15, -0.1) is 0 Å². The summed E-state index contributed by atoms with van der Waals surface area (Å²) >= 11 is 0. The van der Waals surface area contributed by atoms with Gasteiger partial charge in [-0.3, -0.25) is 0 Å². The van der Waals surface area contributed by atoms with E-state index in [1.807, 2.05) is 0 Å². The van der Waals surface area contributed by atoms with E-state index in [1.165, 1.54) is 77.9 Å². The highest BCUT2D eigenvalue weighted by atomic mass is 14.8. The Hall–Kier alpha value is -6.31. The van der Waals surface area contributed by atoms with Crippen LogP contribution in [0.15, 0.2) is 193 Å². The maximum absolute atomic E-state index is 5.31. The molecule has 0 amide bonds. The number of aryl methyl sites for hydroxylation is 2. The average Bonchev–Trinajstić information content (AvgIpc) is 3.26. The van der Waals surface area contributed by atoms with Crippen molar-refractivity contribution in [3.8, 4) is 33.4 Å². The molecule has 1 heterocycles. The van der Waals surface area contributed by atoms with Crippen LogP contribution in [0.5, 0.6) is 0 Å². The quantitative estimate of drug-likeness (QED) is 0.133. The molecule has 1 nitrogen and oxygen atoms in total. The zero-order valence-electron chi connectivity index (χ0n) is 33.7. The predicted octanol–water partition coefficient (Wildman–Crippen LogP) is 15.0. The van der Waals surface area contributed by atoms with Gasteiger partial charge in [0.1, 0.15) is 0 Å². The third-order valence-electron chi connectivity index (χ3n) is 11.5. The molecule has 0 N–H and O–H groups in total. The normalized spacial score (nSPS) is 16.8. The molecule has 57 heavy (non-hydrogen) atoms. The lowest BCUT2D eigenvalue weighted by Gasteiger charge is -2.19. The SMILES string of the molecule is CCc1ccccc1-c1ccccc1C(C)Cc1cc(C)cc(-c2ccc(-c3ccc(/C4=C/C(c5ccccc5)=N/C(c5ccccc5)=C(\C)CC4)cc3)cc2)c1. The van der Waals surface area contributed by atoms with Crippen LogP contribution in [0, 0.1) is 6.92 Å². The first-order valence-corrected chi connectivity index (χ1v) is 20.5. The highest BCUT2D eigenvalue weighted by molar-refractivity contribution is 6.14. The zero-order valence-corrected chi connectivity index (χ0v) is 33.7. The van der Waals surface area contributed by atoms with Gasteiger partial charge in [0.2, 0.25) is 0 Å². The van der Waals surface area contributed by atoms with Gasteiger partial charge in [0.05, 0.1) is 11.4 Å². The van der Waals surface area contributed by atoms with Crippen molar-refractivity contribution in [2.75, 3.05) is 0 Å². The zero-order chi connectivity index (χ0) is 39.1. The van der Waals surface area contributed by atoms with E-state index in [4.69, 9.17) is 4.99 Å². The summed E-state index contributed by atoms with van der Waals surface area (Å²) in [6.45, 7) is 9.07. The highest BCUT2D eigenvalue weighted by Crippen LogP contribution is 2.36. The van der Waals surface area contributed by atoms with Gasteiger partial charge in [0, 0.05) is 11.1 Å². The Morgan fingerprint density at radius 3 is 1.74 bits per heavy atom. The molecule has 0 saturated carbocycles. The molecule has 0 spiro atoms. The number of benzene rings is 7. The van der Waals surface area contributed by atoms with E-state index in [9.17, 15) is 0 Å². The Morgan fingerprint density at radius 2 is 1.07 bits per heavy atom. The Morgan fingerprint density at radius 1 is 0.509 bits per heavy atom. The van der Waals surface area contributed by atoms with E-state index in [0.29, 0.717) is 5.92 Å². The molecule has 8 rings (SSSR count). The summed E-state index contributed by atoms with van der Waals surface area (Å²) in [7, 11) is 0. The van der Waals surface area contributed by atoms with Gasteiger partial charge in [-0.1, -0.05) is 195 Å². The summed E-state index contributed by atoms with van der Waals surface area (Å²) in [5.41, 5.74) is 21.4. The molecule has 7 aromatic carbocycles. The first-order valence-electron chi connectivity index (χ1n) is 20.5. The van der Waals surface area contributed by atoms with Crippen molar-refractivity contribution in [3.05, 3.63) is 227 Å². The lowest BCUT2D eigenvalue weighted by atomic mass is 9.85. The summed E-state index contributed by atoms with van der Waals surface area (Å²) in [4.78, 5) is 5.31. The molecule has 0 radical (unpaired) electrons. The van der Waals surface area contributed by atoms with E-state index in [1.54, 1.807) is 0 Å². The fourth-order valence-corrected chi connectivity index (χ4v) is 8.42. The molecule has 1 aliphatic rings. The molecular formula is C56H51N. The Balaban J connectivity index is 1.02. The van der Waals surface area contributed by atoms with Crippen molar-refractivity contribution in [1.29, 1.82) is 0 Å². The number of aliphatic imine (C=N–C) groups is 1. The van der Waals surface area contributed by atoms with Gasteiger partial charge in [0.25, 0.3) is 0 Å².